The van der Waals surface area contributed by atoms with E-state index in [-0.39, 0.29) is 18.9 Å². The van der Waals surface area contributed by atoms with Crippen LogP contribution in [-0.4, -0.2) is 46.9 Å². The van der Waals surface area contributed by atoms with Gasteiger partial charge in [0.1, 0.15) is 0 Å². The van der Waals surface area contributed by atoms with Gasteiger partial charge in [0.05, 0.1) is 24.9 Å². The molecule has 4 rings (SSSR count). The van der Waals surface area contributed by atoms with E-state index < -0.39 is 24.6 Å². The molecule has 1 amide bonds. The van der Waals surface area contributed by atoms with Crippen LogP contribution in [0.2, 0.25) is 0 Å². The van der Waals surface area contributed by atoms with Crippen LogP contribution in [0.5, 0.6) is 0 Å². The zero-order valence-electron chi connectivity index (χ0n) is 21.9. The summed E-state index contributed by atoms with van der Waals surface area (Å²) in [7, 11) is -1.67. The monoisotopic (exact) mass is 514 g/mol. The van der Waals surface area contributed by atoms with Gasteiger partial charge in [-0.05, 0) is 40.7 Å². The maximum Gasteiger partial charge on any atom is 0.475 e. The molecule has 7 nitrogen and oxygen atoms in total. The number of carbonyl (C=O) groups excluding carboxylic acids is 1. The quantitative estimate of drug-likeness (QED) is 0.315. The first-order valence-corrected chi connectivity index (χ1v) is 13.0. The number of carbonyl (C=O) groups is 1. The Morgan fingerprint density at radius 2 is 1.63 bits per heavy atom. The van der Waals surface area contributed by atoms with E-state index >= 15 is 0 Å². The molecule has 0 aliphatic carbocycles. The molecule has 1 unspecified atom stereocenters. The fraction of sp³-hybridized carbons (Fsp3) is 0.333. The summed E-state index contributed by atoms with van der Waals surface area (Å²) in [6.45, 7) is 4.53. The second-order valence-electron chi connectivity index (χ2n) is 10.3. The Labute approximate surface area is 224 Å². The van der Waals surface area contributed by atoms with E-state index in [4.69, 9.17) is 9.57 Å². The minimum Gasteiger partial charge on any atom is -0.426 e. The topological polar surface area (TPSA) is 100 Å². The number of benzene rings is 3. The van der Waals surface area contributed by atoms with E-state index in [2.05, 4.69) is 34.7 Å². The molecule has 0 radical (unpaired) electrons. The number of ether oxygens (including phenoxy) is 1. The molecule has 0 saturated carbocycles. The Hall–Kier alpha value is -3.46. The van der Waals surface area contributed by atoms with Crippen LogP contribution in [0.15, 0.2) is 90.1 Å². The van der Waals surface area contributed by atoms with Gasteiger partial charge in [-0.3, -0.25) is 4.79 Å². The van der Waals surface area contributed by atoms with Crippen LogP contribution >= 0.6 is 0 Å². The zero-order chi connectivity index (χ0) is 27.0. The normalized spacial score (nSPS) is 17.6. The van der Waals surface area contributed by atoms with Crippen molar-refractivity contribution in [2.75, 3.05) is 6.61 Å². The van der Waals surface area contributed by atoms with Crippen molar-refractivity contribution in [3.63, 3.8) is 0 Å². The average molecular weight is 514 g/mol. The smallest absolute Gasteiger partial charge is 0.426 e. The molecule has 2 atom stereocenters. The van der Waals surface area contributed by atoms with Crippen molar-refractivity contribution in [1.82, 2.24) is 5.32 Å². The predicted molar refractivity (Wildman–Crippen MR) is 149 cm³/mol. The highest BCUT2D eigenvalue weighted by molar-refractivity contribution is 6.43. The molecule has 0 fully saturated rings. The van der Waals surface area contributed by atoms with Gasteiger partial charge in [0.15, 0.2) is 0 Å². The first-order valence-electron chi connectivity index (χ1n) is 13.0. The van der Waals surface area contributed by atoms with Gasteiger partial charge in [-0.25, -0.2) is 0 Å². The van der Waals surface area contributed by atoms with Gasteiger partial charge < -0.3 is 24.9 Å². The molecule has 3 N–H and O–H groups in total. The van der Waals surface area contributed by atoms with E-state index in [9.17, 15) is 14.8 Å². The largest absolute Gasteiger partial charge is 0.475 e. The highest BCUT2D eigenvalue weighted by Crippen LogP contribution is 2.30. The van der Waals surface area contributed by atoms with Crippen LogP contribution in [-0.2, 0) is 27.4 Å². The molecule has 38 heavy (non-hydrogen) atoms. The third-order valence-electron chi connectivity index (χ3n) is 6.56. The van der Waals surface area contributed by atoms with Gasteiger partial charge in [0.25, 0.3) is 5.91 Å². The van der Waals surface area contributed by atoms with Crippen molar-refractivity contribution in [2.45, 2.75) is 51.3 Å². The Morgan fingerprint density at radius 1 is 0.974 bits per heavy atom. The highest BCUT2D eigenvalue weighted by atomic mass is 16.7. The van der Waals surface area contributed by atoms with E-state index in [1.54, 1.807) is 0 Å². The van der Waals surface area contributed by atoms with E-state index in [1.165, 1.54) is 0 Å². The molecule has 0 aromatic heterocycles. The number of oxime groups is 1. The third kappa shape index (κ3) is 7.31. The molecule has 198 valence electrons. The van der Waals surface area contributed by atoms with Gasteiger partial charge in [-0.15, -0.1) is 0 Å². The van der Waals surface area contributed by atoms with E-state index in [0.717, 1.165) is 22.3 Å². The summed E-state index contributed by atoms with van der Waals surface area (Å²) in [5, 5.41) is 26.7. The fourth-order valence-corrected chi connectivity index (χ4v) is 4.67. The number of amides is 1. The lowest BCUT2D eigenvalue weighted by molar-refractivity contribution is -0.144. The van der Waals surface area contributed by atoms with Crippen molar-refractivity contribution in [3.8, 4) is 11.1 Å². The summed E-state index contributed by atoms with van der Waals surface area (Å²) in [5.41, 5.74) is 3.55. The summed E-state index contributed by atoms with van der Waals surface area (Å²) in [6.07, 6.45) is 0.957. The van der Waals surface area contributed by atoms with Gasteiger partial charge in [0, 0.05) is 12.8 Å². The van der Waals surface area contributed by atoms with Crippen LogP contribution in [0.1, 0.15) is 37.8 Å². The van der Waals surface area contributed by atoms with Gasteiger partial charge in [0.2, 0.25) is 5.60 Å². The highest BCUT2D eigenvalue weighted by Gasteiger charge is 2.48. The van der Waals surface area contributed by atoms with E-state index in [1.807, 2.05) is 74.5 Å². The molecular weight excluding hydrogens is 479 g/mol. The zero-order valence-corrected chi connectivity index (χ0v) is 21.9. The number of nitrogens with zero attached hydrogens (tertiary/aromatic N) is 1. The average Bonchev–Trinajstić information content (AvgIpc) is 3.33. The lowest BCUT2D eigenvalue weighted by atomic mass is 9.74. The summed E-state index contributed by atoms with van der Waals surface area (Å²) in [5.74, 6) is -1.07. The molecular formula is C30H35BN2O5. The number of rotatable bonds is 12. The SMILES string of the molecule is CC(C)C[C@H](NC(=O)C1(Cc2ccccc2)CC(COCc2cccc(-c3ccccc3)c2)=NO1)B(O)O. The van der Waals surface area contributed by atoms with Crippen LogP contribution < -0.4 is 5.32 Å². The van der Waals surface area contributed by atoms with Crippen molar-refractivity contribution >= 4 is 18.7 Å². The third-order valence-corrected chi connectivity index (χ3v) is 6.56. The first-order chi connectivity index (χ1) is 18.3. The van der Waals surface area contributed by atoms with Gasteiger partial charge in [-0.1, -0.05) is 97.9 Å². The maximum atomic E-state index is 13.5. The number of hydrogen-bond acceptors (Lipinski definition) is 6. The number of nitrogens with one attached hydrogen (secondary N) is 1. The second kappa shape index (κ2) is 12.9. The maximum absolute atomic E-state index is 13.5. The molecule has 1 aliphatic heterocycles. The molecule has 1 heterocycles. The van der Waals surface area contributed by atoms with Crippen LogP contribution in [0.25, 0.3) is 11.1 Å². The van der Waals surface area contributed by atoms with Crippen LogP contribution in [0.3, 0.4) is 0 Å². The summed E-state index contributed by atoms with van der Waals surface area (Å²) in [4.78, 5) is 19.3. The van der Waals surface area contributed by atoms with Gasteiger partial charge >= 0.3 is 7.12 Å². The second-order valence-corrected chi connectivity index (χ2v) is 10.3. The molecule has 3 aromatic carbocycles. The van der Waals surface area contributed by atoms with Crippen molar-refractivity contribution in [2.24, 2.45) is 11.1 Å². The van der Waals surface area contributed by atoms with Crippen LogP contribution in [0.4, 0.5) is 0 Å². The molecule has 1 aliphatic rings. The summed E-state index contributed by atoms with van der Waals surface area (Å²) >= 11 is 0. The lowest BCUT2D eigenvalue weighted by Crippen LogP contribution is -2.56. The lowest BCUT2D eigenvalue weighted by Gasteiger charge is -2.29. The first kappa shape index (κ1) is 27.6. The molecule has 0 bridgehead atoms. The number of hydrogen-bond donors (Lipinski definition) is 3. The molecule has 8 heteroatoms. The fourth-order valence-electron chi connectivity index (χ4n) is 4.67. The Kier molecular flexibility index (Phi) is 9.34. The Morgan fingerprint density at radius 3 is 2.32 bits per heavy atom. The Bertz CT molecular complexity index is 1220. The standard InChI is InChI=1S/C30H35BN2O5/c1-22(2)16-28(31(35)36)32-29(34)30(18-23-10-5-3-6-11-23)19-27(33-38-30)21-37-20-24-12-9-15-26(17-24)25-13-7-4-8-14-25/h3-15,17,22,28,35-36H,16,18-21H2,1-2H3,(H,32,34)/t28-,30?/m0/s1. The van der Waals surface area contributed by atoms with Gasteiger partial charge in [-0.2, -0.15) is 0 Å². The van der Waals surface area contributed by atoms with Crippen LogP contribution in [0, 0.1) is 5.92 Å². The Balaban J connectivity index is 1.41. The molecule has 0 saturated heterocycles. The summed E-state index contributed by atoms with van der Waals surface area (Å²) < 4.78 is 5.97. The van der Waals surface area contributed by atoms with Crippen molar-refractivity contribution < 1.29 is 24.4 Å². The van der Waals surface area contributed by atoms with Crippen molar-refractivity contribution in [3.05, 3.63) is 96.1 Å². The minimum absolute atomic E-state index is 0.164. The molecule has 0 spiro atoms. The van der Waals surface area contributed by atoms with E-state index in [0.29, 0.717) is 25.2 Å². The summed E-state index contributed by atoms with van der Waals surface area (Å²) in [6, 6.07) is 28.0. The predicted octanol–water partition coefficient (Wildman–Crippen LogP) is 4.17. The van der Waals surface area contributed by atoms with Crippen molar-refractivity contribution in [1.29, 1.82) is 0 Å². The molecule has 3 aromatic rings. The minimum atomic E-state index is -1.67.